The highest BCUT2D eigenvalue weighted by Crippen LogP contribution is 1.90. The molecule has 0 radical (unpaired) electrons. The molecule has 0 rings (SSSR count). The van der Waals surface area contributed by atoms with E-state index in [0.29, 0.717) is 0 Å². The lowest BCUT2D eigenvalue weighted by molar-refractivity contribution is -0.124. The Morgan fingerprint density at radius 3 is 1.85 bits per heavy atom. The van der Waals surface area contributed by atoms with Gasteiger partial charge in [0, 0.05) is 6.42 Å². The van der Waals surface area contributed by atoms with Crippen LogP contribution in [-0.2, 0) is 9.59 Å². The van der Waals surface area contributed by atoms with Gasteiger partial charge < -0.3 is 11.1 Å². The number of hydrogen-bond acceptors (Lipinski definition) is 3. The summed E-state index contributed by atoms with van der Waals surface area (Å²) in [4.78, 5) is 20.9. The predicted molar refractivity (Wildman–Crippen MR) is 53.3 cm³/mol. The van der Waals surface area contributed by atoms with E-state index >= 15 is 0 Å². The minimum absolute atomic E-state index is 0.0682. The maximum atomic E-state index is 10.6. The quantitative estimate of drug-likeness (QED) is 0.673. The molecule has 0 heterocycles. The second-order valence-electron chi connectivity index (χ2n) is 2.83. The lowest BCUT2D eigenvalue weighted by atomic mass is 10.1. The number of nitrogens with two attached hydrogens (primary N) is 1. The van der Waals surface area contributed by atoms with E-state index in [-0.39, 0.29) is 12.2 Å². The molecule has 78 valence electrons. The third kappa shape index (κ3) is 11.1. The Kier molecular flexibility index (Phi) is 10.3. The molecule has 1 atom stereocenters. The summed E-state index contributed by atoms with van der Waals surface area (Å²) in [5.74, 6) is -0.532. The molecule has 0 aliphatic heterocycles. The van der Waals surface area contributed by atoms with Crippen LogP contribution in [0.15, 0.2) is 0 Å². The molecule has 0 aliphatic carbocycles. The fourth-order valence-corrected chi connectivity index (χ4v) is 0.650. The van der Waals surface area contributed by atoms with Crippen molar-refractivity contribution in [3.63, 3.8) is 0 Å². The van der Waals surface area contributed by atoms with Crippen LogP contribution in [0, 0.1) is 0 Å². The van der Waals surface area contributed by atoms with Crippen molar-refractivity contribution in [2.24, 2.45) is 5.73 Å². The van der Waals surface area contributed by atoms with Crippen LogP contribution < -0.4 is 11.1 Å². The number of Topliss-reactive ketones (excluding diaryl/α,β-unsaturated/α-hetero) is 1. The number of hydrogen-bond donors (Lipinski definition) is 2. The van der Waals surface area contributed by atoms with Crippen molar-refractivity contribution in [3.8, 4) is 0 Å². The van der Waals surface area contributed by atoms with Crippen LogP contribution in [-0.4, -0.2) is 24.8 Å². The number of nitrogens with one attached hydrogen (secondary N) is 1. The Labute approximate surface area is 79.9 Å². The van der Waals surface area contributed by atoms with E-state index in [1.54, 1.807) is 7.05 Å². The smallest absolute Gasteiger partial charge is 0.219 e. The molecule has 0 aromatic rings. The first kappa shape index (κ1) is 14.6. The van der Waals surface area contributed by atoms with Crippen molar-refractivity contribution in [2.45, 2.75) is 39.7 Å². The monoisotopic (exact) mass is 188 g/mol. The summed E-state index contributed by atoms with van der Waals surface area (Å²) in [6.45, 7) is 5.67. The third-order valence-corrected chi connectivity index (χ3v) is 1.24. The third-order valence-electron chi connectivity index (χ3n) is 1.24. The molecule has 0 spiro atoms. The van der Waals surface area contributed by atoms with Gasteiger partial charge in [-0.2, -0.15) is 0 Å². The van der Waals surface area contributed by atoms with Crippen LogP contribution in [0.4, 0.5) is 0 Å². The van der Waals surface area contributed by atoms with Gasteiger partial charge in [0.25, 0.3) is 0 Å². The largest absolute Gasteiger partial charge is 0.370 e. The first-order chi connectivity index (χ1) is 5.99. The van der Waals surface area contributed by atoms with Gasteiger partial charge in [0.15, 0.2) is 0 Å². The Balaban J connectivity index is 0. The minimum atomic E-state index is -0.463. The SMILES string of the molecule is CCC.CN[C@@H](CC(N)=O)C(C)=O. The first-order valence-corrected chi connectivity index (χ1v) is 4.45. The van der Waals surface area contributed by atoms with Gasteiger partial charge >= 0.3 is 0 Å². The zero-order chi connectivity index (χ0) is 10.9. The van der Waals surface area contributed by atoms with E-state index < -0.39 is 11.9 Å². The fraction of sp³-hybridized carbons (Fsp3) is 0.778. The summed E-state index contributed by atoms with van der Waals surface area (Å²) >= 11 is 0. The molecule has 4 heteroatoms. The van der Waals surface area contributed by atoms with Crippen LogP contribution in [0.2, 0.25) is 0 Å². The van der Waals surface area contributed by atoms with E-state index in [4.69, 9.17) is 5.73 Å². The van der Waals surface area contributed by atoms with Crippen molar-refractivity contribution >= 4 is 11.7 Å². The number of amides is 1. The standard InChI is InChI=1S/C6H12N2O2.C3H8/c1-4(9)5(8-2)3-6(7)10;1-3-2/h5,8H,3H2,1-2H3,(H2,7,10);3H2,1-2H3/t5-;/m0./s1. The molecular formula is C9H20N2O2. The molecule has 0 saturated heterocycles. The Morgan fingerprint density at radius 1 is 1.38 bits per heavy atom. The number of primary amides is 1. The van der Waals surface area contributed by atoms with Gasteiger partial charge in [-0.1, -0.05) is 20.3 Å². The highest BCUT2D eigenvalue weighted by atomic mass is 16.1. The van der Waals surface area contributed by atoms with E-state index in [1.807, 2.05) is 0 Å². The number of likely N-dealkylation sites (N-methyl/N-ethyl adjacent to an activating group) is 1. The molecule has 1 amide bonds. The summed E-state index contributed by atoms with van der Waals surface area (Å²) in [5.41, 5.74) is 4.88. The van der Waals surface area contributed by atoms with Gasteiger partial charge in [0.2, 0.25) is 5.91 Å². The van der Waals surface area contributed by atoms with E-state index in [1.165, 1.54) is 13.3 Å². The molecule has 0 aromatic carbocycles. The van der Waals surface area contributed by atoms with E-state index in [9.17, 15) is 9.59 Å². The highest BCUT2D eigenvalue weighted by molar-refractivity contribution is 5.87. The number of carbonyl (C=O) groups excluding carboxylic acids is 2. The first-order valence-electron chi connectivity index (χ1n) is 4.45. The second-order valence-corrected chi connectivity index (χ2v) is 2.83. The van der Waals surface area contributed by atoms with Crippen LogP contribution in [0.3, 0.4) is 0 Å². The lowest BCUT2D eigenvalue weighted by Crippen LogP contribution is -2.36. The molecule has 0 bridgehead atoms. The van der Waals surface area contributed by atoms with Gasteiger partial charge in [-0.3, -0.25) is 9.59 Å². The second kappa shape index (κ2) is 9.19. The van der Waals surface area contributed by atoms with Crippen LogP contribution >= 0.6 is 0 Å². The molecule has 0 aromatic heterocycles. The number of carbonyl (C=O) groups is 2. The number of ketones is 1. The van der Waals surface area contributed by atoms with Crippen LogP contribution in [0.5, 0.6) is 0 Å². The maximum Gasteiger partial charge on any atom is 0.219 e. The fourth-order valence-electron chi connectivity index (χ4n) is 0.650. The van der Waals surface area contributed by atoms with Gasteiger partial charge in [0.05, 0.1) is 6.04 Å². The summed E-state index contributed by atoms with van der Waals surface area (Å²) in [6, 6.07) is -0.419. The highest BCUT2D eigenvalue weighted by Gasteiger charge is 2.13. The van der Waals surface area contributed by atoms with E-state index in [0.717, 1.165) is 0 Å². The lowest BCUT2D eigenvalue weighted by Gasteiger charge is -2.08. The van der Waals surface area contributed by atoms with Crippen LogP contribution in [0.1, 0.15) is 33.6 Å². The molecule has 13 heavy (non-hydrogen) atoms. The van der Waals surface area contributed by atoms with Crippen molar-refractivity contribution in [1.29, 1.82) is 0 Å². The Morgan fingerprint density at radius 2 is 1.77 bits per heavy atom. The molecule has 0 saturated carbocycles. The molecular weight excluding hydrogens is 168 g/mol. The normalized spacial score (nSPS) is 11.1. The number of rotatable bonds is 4. The summed E-state index contributed by atoms with van der Waals surface area (Å²) in [5, 5.41) is 2.68. The van der Waals surface area contributed by atoms with Crippen molar-refractivity contribution in [1.82, 2.24) is 5.32 Å². The molecule has 0 fully saturated rings. The van der Waals surface area contributed by atoms with Gasteiger partial charge in [-0.25, -0.2) is 0 Å². The Hall–Kier alpha value is -0.900. The summed E-state index contributed by atoms with van der Waals surface area (Å²) in [7, 11) is 1.62. The summed E-state index contributed by atoms with van der Waals surface area (Å²) < 4.78 is 0. The van der Waals surface area contributed by atoms with Crippen molar-refractivity contribution < 1.29 is 9.59 Å². The summed E-state index contributed by atoms with van der Waals surface area (Å²) in [6.07, 6.45) is 1.33. The predicted octanol–water partition coefficient (Wildman–Crippen LogP) is 0.455. The topological polar surface area (TPSA) is 72.2 Å². The average Bonchev–Trinajstić information content (AvgIpc) is 2.00. The molecule has 0 aliphatic rings. The molecule has 3 N–H and O–H groups in total. The van der Waals surface area contributed by atoms with Gasteiger partial charge in [-0.05, 0) is 14.0 Å². The minimum Gasteiger partial charge on any atom is -0.370 e. The molecule has 0 unspecified atom stereocenters. The Bertz CT molecular complexity index is 158. The maximum absolute atomic E-state index is 10.6. The average molecular weight is 188 g/mol. The van der Waals surface area contributed by atoms with Crippen molar-refractivity contribution in [3.05, 3.63) is 0 Å². The molecule has 4 nitrogen and oxygen atoms in total. The zero-order valence-electron chi connectivity index (χ0n) is 8.89. The van der Waals surface area contributed by atoms with Gasteiger partial charge in [-0.15, -0.1) is 0 Å². The van der Waals surface area contributed by atoms with Crippen molar-refractivity contribution in [2.75, 3.05) is 7.05 Å². The van der Waals surface area contributed by atoms with Gasteiger partial charge in [0.1, 0.15) is 5.78 Å². The zero-order valence-corrected chi connectivity index (χ0v) is 8.89. The van der Waals surface area contributed by atoms with Crippen LogP contribution in [0.25, 0.3) is 0 Å². The van der Waals surface area contributed by atoms with E-state index in [2.05, 4.69) is 19.2 Å².